The van der Waals surface area contributed by atoms with E-state index in [0.717, 1.165) is 36.9 Å². The number of piperidine rings is 1. The zero-order valence-corrected chi connectivity index (χ0v) is 15.7. The van der Waals surface area contributed by atoms with E-state index in [1.54, 1.807) is 12.1 Å². The van der Waals surface area contributed by atoms with Crippen LogP contribution in [-0.2, 0) is 5.60 Å². The number of halogens is 3. The molecule has 0 saturated carbocycles. The molecule has 3 rings (SSSR count). The highest BCUT2D eigenvalue weighted by molar-refractivity contribution is 6.30. The first-order chi connectivity index (χ1) is 12.9. The predicted octanol–water partition coefficient (Wildman–Crippen LogP) is 4.56. The van der Waals surface area contributed by atoms with E-state index >= 15 is 0 Å². The van der Waals surface area contributed by atoms with Gasteiger partial charge in [0.15, 0.2) is 5.78 Å². The quantitative estimate of drug-likeness (QED) is 0.731. The Balaban J connectivity index is 1.47. The first-order valence-corrected chi connectivity index (χ1v) is 9.44. The first-order valence-electron chi connectivity index (χ1n) is 9.06. The van der Waals surface area contributed by atoms with E-state index < -0.39 is 17.2 Å². The van der Waals surface area contributed by atoms with E-state index in [9.17, 15) is 18.7 Å². The molecule has 3 nitrogen and oxygen atoms in total. The lowest BCUT2D eigenvalue weighted by Gasteiger charge is -2.38. The Kier molecular flexibility index (Phi) is 6.25. The van der Waals surface area contributed by atoms with Gasteiger partial charge in [0, 0.05) is 36.2 Å². The second-order valence-corrected chi connectivity index (χ2v) is 7.50. The lowest BCUT2D eigenvalue weighted by atomic mass is 9.84. The molecule has 0 aliphatic carbocycles. The minimum Gasteiger partial charge on any atom is -0.385 e. The van der Waals surface area contributed by atoms with Crippen molar-refractivity contribution in [3.8, 4) is 0 Å². The second-order valence-electron chi connectivity index (χ2n) is 7.06. The van der Waals surface area contributed by atoms with Crippen LogP contribution in [0.25, 0.3) is 0 Å². The standard InChI is InChI=1S/C21H22ClF2NO2/c22-17-5-3-16(4-6-17)21(27)7-10-25(11-8-21)9-1-2-20(26)15-12-18(23)14-19(24)13-15/h3-6,12-14,27H,1-2,7-11H2. The zero-order chi connectivity index (χ0) is 19.4. The number of Topliss-reactive ketones (excluding diaryl/α,β-unsaturated/α-hetero) is 1. The van der Waals surface area contributed by atoms with Gasteiger partial charge in [0.05, 0.1) is 5.60 Å². The predicted molar refractivity (Wildman–Crippen MR) is 101 cm³/mol. The van der Waals surface area contributed by atoms with E-state index in [4.69, 9.17) is 11.6 Å². The topological polar surface area (TPSA) is 40.5 Å². The Morgan fingerprint density at radius 2 is 1.67 bits per heavy atom. The number of rotatable bonds is 6. The molecular weight excluding hydrogens is 372 g/mol. The summed E-state index contributed by atoms with van der Waals surface area (Å²) in [4.78, 5) is 14.3. The summed E-state index contributed by atoms with van der Waals surface area (Å²) in [6, 6.07) is 10.2. The van der Waals surface area contributed by atoms with Gasteiger partial charge >= 0.3 is 0 Å². The van der Waals surface area contributed by atoms with Crippen molar-refractivity contribution in [1.29, 1.82) is 0 Å². The molecule has 0 radical (unpaired) electrons. The second kappa shape index (κ2) is 8.46. The molecule has 1 saturated heterocycles. The van der Waals surface area contributed by atoms with Gasteiger partial charge in [0.1, 0.15) is 11.6 Å². The lowest BCUT2D eigenvalue weighted by molar-refractivity contribution is -0.0260. The van der Waals surface area contributed by atoms with Gasteiger partial charge < -0.3 is 10.0 Å². The monoisotopic (exact) mass is 393 g/mol. The number of hydrogen-bond acceptors (Lipinski definition) is 3. The van der Waals surface area contributed by atoms with Crippen LogP contribution in [0.1, 0.15) is 41.6 Å². The number of nitrogens with zero attached hydrogens (tertiary/aromatic N) is 1. The Labute approximate surface area is 162 Å². The molecular formula is C21H22ClF2NO2. The molecule has 1 aliphatic heterocycles. The summed E-state index contributed by atoms with van der Waals surface area (Å²) in [5.41, 5.74) is 0.0915. The van der Waals surface area contributed by atoms with Gasteiger partial charge in [0.2, 0.25) is 0 Å². The largest absolute Gasteiger partial charge is 0.385 e. The summed E-state index contributed by atoms with van der Waals surface area (Å²) in [7, 11) is 0. The van der Waals surface area contributed by atoms with Gasteiger partial charge in [-0.2, -0.15) is 0 Å². The highest BCUT2D eigenvalue weighted by Crippen LogP contribution is 2.33. The number of carbonyl (C=O) groups is 1. The van der Waals surface area contributed by atoms with Gasteiger partial charge in [-0.25, -0.2) is 8.78 Å². The molecule has 1 N–H and O–H groups in total. The fraction of sp³-hybridized carbons (Fsp3) is 0.381. The van der Waals surface area contributed by atoms with Gasteiger partial charge in [-0.05, 0) is 55.6 Å². The van der Waals surface area contributed by atoms with Crippen LogP contribution in [0.4, 0.5) is 8.78 Å². The van der Waals surface area contributed by atoms with E-state index in [0.29, 0.717) is 30.8 Å². The number of likely N-dealkylation sites (tertiary alicyclic amines) is 1. The van der Waals surface area contributed by atoms with Crippen molar-refractivity contribution in [2.75, 3.05) is 19.6 Å². The van der Waals surface area contributed by atoms with Crippen LogP contribution >= 0.6 is 11.6 Å². The highest BCUT2D eigenvalue weighted by Gasteiger charge is 2.33. The molecule has 0 spiro atoms. The van der Waals surface area contributed by atoms with Crippen LogP contribution in [0.15, 0.2) is 42.5 Å². The van der Waals surface area contributed by atoms with Crippen molar-refractivity contribution >= 4 is 17.4 Å². The van der Waals surface area contributed by atoms with E-state index in [-0.39, 0.29) is 17.8 Å². The van der Waals surface area contributed by atoms with Gasteiger partial charge in [-0.15, -0.1) is 0 Å². The van der Waals surface area contributed by atoms with Crippen molar-refractivity contribution in [2.45, 2.75) is 31.3 Å². The molecule has 0 amide bonds. The van der Waals surface area contributed by atoms with Gasteiger partial charge in [0.25, 0.3) is 0 Å². The fourth-order valence-corrected chi connectivity index (χ4v) is 3.64. The van der Waals surface area contributed by atoms with Crippen LogP contribution in [0.5, 0.6) is 0 Å². The minimum atomic E-state index is -0.851. The summed E-state index contributed by atoms with van der Waals surface area (Å²) in [5, 5.41) is 11.5. The van der Waals surface area contributed by atoms with Crippen molar-refractivity contribution in [3.05, 3.63) is 70.2 Å². The summed E-state index contributed by atoms with van der Waals surface area (Å²) < 4.78 is 26.4. The number of aliphatic hydroxyl groups is 1. The van der Waals surface area contributed by atoms with E-state index in [1.165, 1.54) is 0 Å². The molecule has 1 heterocycles. The van der Waals surface area contributed by atoms with Crippen LogP contribution < -0.4 is 0 Å². The SMILES string of the molecule is O=C(CCCN1CCC(O)(c2ccc(Cl)cc2)CC1)c1cc(F)cc(F)c1. The van der Waals surface area contributed by atoms with Crippen LogP contribution in [0.2, 0.25) is 5.02 Å². The molecule has 0 unspecified atom stereocenters. The molecule has 144 valence electrons. The third-order valence-corrected chi connectivity index (χ3v) is 5.38. The third-order valence-electron chi connectivity index (χ3n) is 5.13. The smallest absolute Gasteiger partial charge is 0.163 e. The Morgan fingerprint density at radius 3 is 2.26 bits per heavy atom. The molecule has 0 atom stereocenters. The Morgan fingerprint density at radius 1 is 1.07 bits per heavy atom. The summed E-state index contributed by atoms with van der Waals surface area (Å²) in [5.74, 6) is -1.74. The number of carbonyl (C=O) groups excluding carboxylic acids is 1. The Bertz CT molecular complexity index is 782. The molecule has 6 heteroatoms. The first kappa shape index (κ1) is 19.9. The van der Waals surface area contributed by atoms with Crippen molar-refractivity contribution in [2.24, 2.45) is 0 Å². The maximum Gasteiger partial charge on any atom is 0.163 e. The maximum absolute atomic E-state index is 13.2. The van der Waals surface area contributed by atoms with Crippen LogP contribution in [0, 0.1) is 11.6 Å². The van der Waals surface area contributed by atoms with Gasteiger partial charge in [-0.3, -0.25) is 4.79 Å². The fourth-order valence-electron chi connectivity index (χ4n) is 3.52. The van der Waals surface area contributed by atoms with Crippen LogP contribution in [-0.4, -0.2) is 35.4 Å². The van der Waals surface area contributed by atoms with Gasteiger partial charge in [-0.1, -0.05) is 23.7 Å². The third kappa shape index (κ3) is 5.12. The molecule has 2 aromatic carbocycles. The molecule has 0 bridgehead atoms. The van der Waals surface area contributed by atoms with E-state index in [1.807, 2.05) is 12.1 Å². The average Bonchev–Trinajstić information content (AvgIpc) is 2.63. The maximum atomic E-state index is 13.2. The molecule has 27 heavy (non-hydrogen) atoms. The average molecular weight is 394 g/mol. The van der Waals surface area contributed by atoms with Crippen molar-refractivity contribution in [3.63, 3.8) is 0 Å². The molecule has 1 fully saturated rings. The van der Waals surface area contributed by atoms with Crippen molar-refractivity contribution in [1.82, 2.24) is 4.90 Å². The van der Waals surface area contributed by atoms with Crippen molar-refractivity contribution < 1.29 is 18.7 Å². The Hall–Kier alpha value is -1.82. The lowest BCUT2D eigenvalue weighted by Crippen LogP contribution is -2.42. The number of ketones is 1. The van der Waals surface area contributed by atoms with Crippen LogP contribution in [0.3, 0.4) is 0 Å². The highest BCUT2D eigenvalue weighted by atomic mass is 35.5. The summed E-state index contributed by atoms with van der Waals surface area (Å²) >= 11 is 5.90. The molecule has 2 aromatic rings. The molecule has 1 aliphatic rings. The normalized spacial score (nSPS) is 17.0. The number of hydrogen-bond donors (Lipinski definition) is 1. The van der Waals surface area contributed by atoms with E-state index in [2.05, 4.69) is 4.90 Å². The molecule has 0 aromatic heterocycles. The zero-order valence-electron chi connectivity index (χ0n) is 14.9. The number of benzene rings is 2. The minimum absolute atomic E-state index is 0.0725. The summed E-state index contributed by atoms with van der Waals surface area (Å²) in [6.07, 6.45) is 2.06. The summed E-state index contributed by atoms with van der Waals surface area (Å²) in [6.45, 7) is 2.16.